The molecule has 0 saturated heterocycles. The summed E-state index contributed by atoms with van der Waals surface area (Å²) in [6, 6.07) is 10.4. The summed E-state index contributed by atoms with van der Waals surface area (Å²) >= 11 is 6.32. The molecule has 0 radical (unpaired) electrons. The third kappa shape index (κ3) is 4.93. The summed E-state index contributed by atoms with van der Waals surface area (Å²) in [6.07, 6.45) is 2.38. The summed E-state index contributed by atoms with van der Waals surface area (Å²) in [7, 11) is 3.00. The predicted octanol–water partition coefficient (Wildman–Crippen LogP) is 5.27. The Bertz CT molecular complexity index is 1260. The zero-order valence-electron chi connectivity index (χ0n) is 21.0. The van der Waals surface area contributed by atoms with E-state index in [0.29, 0.717) is 29.0 Å². The summed E-state index contributed by atoms with van der Waals surface area (Å²) in [6.45, 7) is 5.85. The maximum Gasteiger partial charge on any atom is 0.336 e. The number of benzene rings is 2. The van der Waals surface area contributed by atoms with Gasteiger partial charge in [-0.2, -0.15) is 0 Å². The van der Waals surface area contributed by atoms with Crippen LogP contribution in [0.3, 0.4) is 0 Å². The third-order valence-electron chi connectivity index (χ3n) is 6.62. The van der Waals surface area contributed by atoms with E-state index >= 15 is 0 Å². The average Bonchev–Trinajstić information content (AvgIpc) is 2.82. The van der Waals surface area contributed by atoms with E-state index in [0.717, 1.165) is 11.3 Å². The van der Waals surface area contributed by atoms with Crippen LogP contribution in [-0.2, 0) is 20.9 Å². The minimum atomic E-state index is -0.670. The average molecular weight is 512 g/mol. The van der Waals surface area contributed by atoms with Gasteiger partial charge >= 0.3 is 5.97 Å². The van der Waals surface area contributed by atoms with Crippen LogP contribution in [0.1, 0.15) is 44.2 Å². The highest BCUT2D eigenvalue weighted by molar-refractivity contribution is 6.32. The van der Waals surface area contributed by atoms with Crippen LogP contribution in [0.5, 0.6) is 17.2 Å². The van der Waals surface area contributed by atoms with Gasteiger partial charge in [-0.3, -0.25) is 4.79 Å². The summed E-state index contributed by atoms with van der Waals surface area (Å²) in [5, 5.41) is 13.6. The molecule has 2 aliphatic rings. The van der Waals surface area contributed by atoms with Crippen molar-refractivity contribution in [3.63, 3.8) is 0 Å². The van der Waals surface area contributed by atoms with Crippen LogP contribution in [0, 0.1) is 11.3 Å². The standard InChI is InChI=1S/C28H30ClNO6/c1-15-23(27(33)36-14-16-6-8-18(34-4)9-7-16)24(17-10-19(29)26(32)22(11-17)35-5)25-20(30-15)12-28(2,3)13-21(25)31/h6-12,24-25,30,32H,13-14H2,1-5H3. The number of ketones is 1. The molecule has 2 atom stereocenters. The molecule has 0 bridgehead atoms. The SMILES string of the molecule is COc1ccc(COC(=O)C2=C(C)NC3=CC(C)(C)CC(=O)C3C2c2cc(Cl)c(O)c(OC)c2)cc1. The number of hydrogen-bond acceptors (Lipinski definition) is 7. The number of esters is 1. The van der Waals surface area contributed by atoms with E-state index < -0.39 is 17.8 Å². The number of ether oxygens (including phenoxy) is 3. The Morgan fingerprint density at radius 3 is 2.47 bits per heavy atom. The molecule has 1 heterocycles. The van der Waals surface area contributed by atoms with E-state index in [9.17, 15) is 14.7 Å². The number of fused-ring (bicyclic) bond motifs is 1. The number of methoxy groups -OCH3 is 2. The highest BCUT2D eigenvalue weighted by Gasteiger charge is 2.46. The fourth-order valence-corrected chi connectivity index (χ4v) is 5.19. The lowest BCUT2D eigenvalue weighted by Gasteiger charge is -2.41. The summed E-state index contributed by atoms with van der Waals surface area (Å²) in [5.74, 6) is -1.17. The van der Waals surface area contributed by atoms with Crippen molar-refractivity contribution in [3.8, 4) is 17.2 Å². The van der Waals surface area contributed by atoms with Crippen molar-refractivity contribution in [2.45, 2.75) is 39.7 Å². The van der Waals surface area contributed by atoms with Crippen LogP contribution >= 0.6 is 11.6 Å². The predicted molar refractivity (Wildman–Crippen MR) is 136 cm³/mol. The van der Waals surface area contributed by atoms with Crippen molar-refractivity contribution < 1.29 is 28.9 Å². The largest absolute Gasteiger partial charge is 0.503 e. The van der Waals surface area contributed by atoms with Crippen molar-refractivity contribution >= 4 is 23.4 Å². The van der Waals surface area contributed by atoms with E-state index in [1.807, 2.05) is 32.1 Å². The number of phenols is 1. The quantitative estimate of drug-likeness (QED) is 0.510. The molecule has 4 rings (SSSR count). The number of aromatic hydroxyl groups is 1. The lowest BCUT2D eigenvalue weighted by Crippen LogP contribution is -2.43. The molecule has 0 saturated carbocycles. The van der Waals surface area contributed by atoms with E-state index in [-0.39, 0.29) is 34.3 Å². The van der Waals surface area contributed by atoms with Crippen molar-refractivity contribution in [2.24, 2.45) is 11.3 Å². The first kappa shape index (κ1) is 25.6. The number of allylic oxidation sites excluding steroid dienone is 3. The van der Waals surface area contributed by atoms with Crippen molar-refractivity contribution in [3.05, 3.63) is 75.6 Å². The molecule has 0 fully saturated rings. The molecule has 190 valence electrons. The van der Waals surface area contributed by atoms with Gasteiger partial charge in [0.2, 0.25) is 0 Å². The van der Waals surface area contributed by atoms with Gasteiger partial charge in [-0.1, -0.05) is 43.7 Å². The molecule has 2 N–H and O–H groups in total. The fourth-order valence-electron chi connectivity index (χ4n) is 4.97. The molecule has 2 unspecified atom stereocenters. The Morgan fingerprint density at radius 1 is 1.14 bits per heavy atom. The Hall–Kier alpha value is -3.45. The number of carbonyl (C=O) groups excluding carboxylic acids is 2. The summed E-state index contributed by atoms with van der Waals surface area (Å²) < 4.78 is 16.2. The van der Waals surface area contributed by atoms with E-state index in [1.54, 1.807) is 38.3 Å². The highest BCUT2D eigenvalue weighted by Crippen LogP contribution is 2.49. The van der Waals surface area contributed by atoms with Crippen LogP contribution in [0.25, 0.3) is 0 Å². The minimum Gasteiger partial charge on any atom is -0.503 e. The molecule has 8 heteroatoms. The van der Waals surface area contributed by atoms with Gasteiger partial charge in [0.05, 0.1) is 30.7 Å². The molecule has 0 aromatic heterocycles. The Morgan fingerprint density at radius 2 is 1.83 bits per heavy atom. The van der Waals surface area contributed by atoms with Gasteiger partial charge < -0.3 is 24.6 Å². The highest BCUT2D eigenvalue weighted by atomic mass is 35.5. The van der Waals surface area contributed by atoms with Gasteiger partial charge in [0, 0.05) is 23.7 Å². The van der Waals surface area contributed by atoms with Gasteiger partial charge in [-0.15, -0.1) is 0 Å². The van der Waals surface area contributed by atoms with E-state index in [2.05, 4.69) is 5.32 Å². The van der Waals surface area contributed by atoms with Gasteiger partial charge in [0.15, 0.2) is 11.5 Å². The lowest BCUT2D eigenvalue weighted by molar-refractivity contribution is -0.141. The molecule has 36 heavy (non-hydrogen) atoms. The maximum atomic E-state index is 13.5. The fraction of sp³-hybridized carbons (Fsp3) is 0.357. The second-order valence-corrected chi connectivity index (χ2v) is 10.2. The second kappa shape index (κ2) is 9.90. The second-order valence-electron chi connectivity index (χ2n) is 9.83. The van der Waals surface area contributed by atoms with Gasteiger partial charge in [0.25, 0.3) is 0 Å². The molecule has 0 amide bonds. The summed E-state index contributed by atoms with van der Waals surface area (Å²) in [4.78, 5) is 27.0. The molecular weight excluding hydrogens is 482 g/mol. The molecular formula is C28H30ClNO6. The number of rotatable bonds is 6. The Balaban J connectivity index is 1.77. The Kier molecular flexibility index (Phi) is 7.05. The van der Waals surface area contributed by atoms with E-state index in [4.69, 9.17) is 25.8 Å². The third-order valence-corrected chi connectivity index (χ3v) is 6.91. The van der Waals surface area contributed by atoms with Crippen LogP contribution in [0.4, 0.5) is 0 Å². The maximum absolute atomic E-state index is 13.5. The lowest BCUT2D eigenvalue weighted by atomic mass is 9.66. The molecule has 2 aromatic rings. The number of carbonyl (C=O) groups is 2. The van der Waals surface area contributed by atoms with Crippen LogP contribution in [-0.4, -0.2) is 31.1 Å². The smallest absolute Gasteiger partial charge is 0.336 e. The van der Waals surface area contributed by atoms with Gasteiger partial charge in [-0.25, -0.2) is 4.79 Å². The van der Waals surface area contributed by atoms with Crippen molar-refractivity contribution in [1.82, 2.24) is 5.32 Å². The van der Waals surface area contributed by atoms with Crippen LogP contribution in [0.15, 0.2) is 59.4 Å². The number of hydrogen-bond donors (Lipinski definition) is 2. The van der Waals surface area contributed by atoms with Crippen LogP contribution < -0.4 is 14.8 Å². The number of halogens is 1. The molecule has 1 aliphatic carbocycles. The molecule has 7 nitrogen and oxygen atoms in total. The van der Waals surface area contributed by atoms with Crippen LogP contribution in [0.2, 0.25) is 5.02 Å². The first-order valence-corrected chi connectivity index (χ1v) is 12.0. The zero-order valence-corrected chi connectivity index (χ0v) is 21.7. The number of Topliss-reactive ketones (excluding diaryl/α,β-unsaturated/α-hetero) is 1. The van der Waals surface area contributed by atoms with E-state index in [1.165, 1.54) is 7.11 Å². The molecule has 2 aromatic carbocycles. The first-order chi connectivity index (χ1) is 17.0. The Labute approximate surface area is 215 Å². The number of nitrogens with one attached hydrogen (secondary N) is 1. The zero-order chi connectivity index (χ0) is 26.2. The van der Waals surface area contributed by atoms with Crippen molar-refractivity contribution in [2.75, 3.05) is 14.2 Å². The minimum absolute atomic E-state index is 0.00567. The molecule has 1 aliphatic heterocycles. The first-order valence-electron chi connectivity index (χ1n) is 11.6. The van der Waals surface area contributed by atoms with Crippen molar-refractivity contribution in [1.29, 1.82) is 0 Å². The number of phenolic OH excluding ortho intramolecular Hbond substituents is 1. The van der Waals surface area contributed by atoms with Gasteiger partial charge in [0.1, 0.15) is 18.1 Å². The monoisotopic (exact) mass is 511 g/mol. The topological polar surface area (TPSA) is 94.1 Å². The summed E-state index contributed by atoms with van der Waals surface area (Å²) in [5.41, 5.74) is 2.73. The molecule has 0 spiro atoms. The van der Waals surface area contributed by atoms with Gasteiger partial charge in [-0.05, 0) is 47.7 Å². The normalized spacial score (nSPS) is 20.7.